The van der Waals surface area contributed by atoms with E-state index in [0.29, 0.717) is 12.8 Å². The van der Waals surface area contributed by atoms with Crippen LogP contribution in [0.15, 0.2) is 47.7 Å². The first-order chi connectivity index (χ1) is 11.7. The zero-order valence-electron chi connectivity index (χ0n) is 13.4. The van der Waals surface area contributed by atoms with Gasteiger partial charge in [-0.1, -0.05) is 18.2 Å². The highest BCUT2D eigenvalue weighted by molar-refractivity contribution is 6.03. The molecule has 1 aliphatic heterocycles. The lowest BCUT2D eigenvalue weighted by Gasteiger charge is -2.23. The zero-order valence-corrected chi connectivity index (χ0v) is 13.4. The Morgan fingerprint density at radius 2 is 2.00 bits per heavy atom. The monoisotopic (exact) mass is 326 g/mol. The van der Waals surface area contributed by atoms with Crippen LogP contribution in [0.25, 0.3) is 5.69 Å². The Morgan fingerprint density at radius 1 is 1.21 bits per heavy atom. The second-order valence-corrected chi connectivity index (χ2v) is 5.35. The van der Waals surface area contributed by atoms with Crippen molar-refractivity contribution in [3.8, 4) is 5.69 Å². The molecule has 2 heterocycles. The Balaban J connectivity index is 1.85. The summed E-state index contributed by atoms with van der Waals surface area (Å²) >= 11 is 0. The Bertz CT molecular complexity index is 767. The predicted octanol–water partition coefficient (Wildman–Crippen LogP) is 1.76. The number of para-hydroxylation sites is 1. The molecule has 1 aliphatic rings. The molecule has 0 N–H and O–H groups in total. The summed E-state index contributed by atoms with van der Waals surface area (Å²) < 4.78 is 6.41. The number of carbonyl (C=O) groups excluding carboxylic acids is 2. The van der Waals surface area contributed by atoms with Crippen LogP contribution >= 0.6 is 0 Å². The van der Waals surface area contributed by atoms with Gasteiger partial charge in [0.2, 0.25) is 5.91 Å². The van der Waals surface area contributed by atoms with Gasteiger partial charge in [-0.15, -0.1) is 0 Å². The van der Waals surface area contributed by atoms with E-state index < -0.39 is 0 Å². The molecule has 0 radical (unpaired) electrons. The summed E-state index contributed by atoms with van der Waals surface area (Å²) in [6, 6.07) is 11.6. The number of hydrogen-bond donors (Lipinski definition) is 0. The van der Waals surface area contributed by atoms with E-state index in [2.05, 4.69) is 14.9 Å². The lowest BCUT2D eigenvalue weighted by Crippen LogP contribution is -2.34. The number of carbonyl (C=O) groups is 2. The maximum atomic E-state index is 12.0. The third kappa shape index (κ3) is 3.34. The van der Waals surface area contributed by atoms with Crippen LogP contribution < -0.4 is 0 Å². The lowest BCUT2D eigenvalue weighted by atomic mass is 10.1. The van der Waals surface area contributed by atoms with Gasteiger partial charge in [0.05, 0.1) is 43.4 Å². The predicted molar refractivity (Wildman–Crippen MR) is 87.7 cm³/mol. The molecule has 0 aliphatic carbocycles. The van der Waals surface area contributed by atoms with Gasteiger partial charge in [-0.2, -0.15) is 10.2 Å². The number of ether oxygens (including phenoxy) is 1. The van der Waals surface area contributed by atoms with Crippen molar-refractivity contribution >= 4 is 17.6 Å². The average molecular weight is 326 g/mol. The van der Waals surface area contributed by atoms with Crippen molar-refractivity contribution in [3.05, 3.63) is 48.3 Å². The molecule has 7 nitrogen and oxygen atoms in total. The Hall–Kier alpha value is -2.96. The van der Waals surface area contributed by atoms with Crippen LogP contribution in [-0.2, 0) is 14.3 Å². The molecule has 1 aromatic heterocycles. The number of nitrogens with zero attached hydrogens (tertiary/aromatic N) is 4. The van der Waals surface area contributed by atoms with E-state index in [9.17, 15) is 9.59 Å². The fourth-order valence-corrected chi connectivity index (χ4v) is 2.56. The van der Waals surface area contributed by atoms with Crippen molar-refractivity contribution in [2.75, 3.05) is 13.7 Å². The molecule has 0 unspecified atom stereocenters. The average Bonchev–Trinajstić information content (AvgIpc) is 3.11. The first-order valence-electron chi connectivity index (χ1n) is 7.73. The topological polar surface area (TPSA) is 76.8 Å². The van der Waals surface area contributed by atoms with E-state index >= 15 is 0 Å². The smallest absolute Gasteiger partial charge is 0.307 e. The highest BCUT2D eigenvalue weighted by Crippen LogP contribution is 2.18. The molecule has 0 saturated carbocycles. The number of aromatic nitrogens is 2. The van der Waals surface area contributed by atoms with Gasteiger partial charge in [0.15, 0.2) is 0 Å². The molecule has 0 spiro atoms. The van der Waals surface area contributed by atoms with E-state index in [1.165, 1.54) is 12.1 Å². The maximum absolute atomic E-state index is 12.0. The van der Waals surface area contributed by atoms with Gasteiger partial charge in [0.25, 0.3) is 0 Å². The summed E-state index contributed by atoms with van der Waals surface area (Å²) in [6.07, 6.45) is 2.74. The van der Waals surface area contributed by atoms with Crippen LogP contribution in [0.5, 0.6) is 0 Å². The Morgan fingerprint density at radius 3 is 2.75 bits per heavy atom. The van der Waals surface area contributed by atoms with Gasteiger partial charge in [0.1, 0.15) is 0 Å². The van der Waals surface area contributed by atoms with Crippen molar-refractivity contribution in [2.24, 2.45) is 5.10 Å². The van der Waals surface area contributed by atoms with Gasteiger partial charge >= 0.3 is 5.97 Å². The molecule has 1 amide bonds. The molecule has 0 bridgehead atoms. The first kappa shape index (κ1) is 15.9. The minimum Gasteiger partial charge on any atom is -0.469 e. The van der Waals surface area contributed by atoms with Crippen LogP contribution in [0.3, 0.4) is 0 Å². The Kier molecular flexibility index (Phi) is 4.69. The van der Waals surface area contributed by atoms with E-state index in [-0.39, 0.29) is 24.8 Å². The van der Waals surface area contributed by atoms with Crippen LogP contribution in [0.1, 0.15) is 25.0 Å². The second kappa shape index (κ2) is 7.08. The highest BCUT2D eigenvalue weighted by Gasteiger charge is 2.24. The van der Waals surface area contributed by atoms with E-state index in [4.69, 9.17) is 0 Å². The number of esters is 1. The first-order valence-corrected chi connectivity index (χ1v) is 7.73. The molecule has 2 aromatic rings. The summed E-state index contributed by atoms with van der Waals surface area (Å²) in [5.41, 5.74) is 2.55. The minimum atomic E-state index is -0.362. The van der Waals surface area contributed by atoms with Crippen molar-refractivity contribution in [1.82, 2.24) is 14.8 Å². The number of rotatable bonds is 5. The number of hydrazone groups is 1. The van der Waals surface area contributed by atoms with Crippen molar-refractivity contribution in [1.29, 1.82) is 0 Å². The maximum Gasteiger partial charge on any atom is 0.307 e. The van der Waals surface area contributed by atoms with Crippen molar-refractivity contribution < 1.29 is 14.3 Å². The number of methoxy groups -OCH3 is 1. The SMILES string of the molecule is COC(=O)CCN1N=C(c2ccnn2-c2ccccc2)CCC1=O. The minimum absolute atomic E-state index is 0.0894. The molecule has 124 valence electrons. The molecular weight excluding hydrogens is 308 g/mol. The van der Waals surface area contributed by atoms with Crippen LogP contribution in [-0.4, -0.2) is 46.0 Å². The third-order valence-electron chi connectivity index (χ3n) is 3.80. The van der Waals surface area contributed by atoms with Crippen molar-refractivity contribution in [2.45, 2.75) is 19.3 Å². The van der Waals surface area contributed by atoms with Gasteiger partial charge in [-0.05, 0) is 18.2 Å². The molecule has 0 atom stereocenters. The fourth-order valence-electron chi connectivity index (χ4n) is 2.56. The fraction of sp³-hybridized carbons (Fsp3) is 0.294. The molecule has 0 fully saturated rings. The quantitative estimate of drug-likeness (QED) is 0.785. The zero-order chi connectivity index (χ0) is 16.9. The Labute approximate surface area is 139 Å². The van der Waals surface area contributed by atoms with Gasteiger partial charge in [-0.25, -0.2) is 9.69 Å². The molecule has 3 rings (SSSR count). The summed E-state index contributed by atoms with van der Waals surface area (Å²) in [7, 11) is 1.33. The van der Waals surface area contributed by atoms with Crippen LogP contribution in [0.2, 0.25) is 0 Å². The van der Waals surface area contributed by atoms with E-state index in [1.54, 1.807) is 10.9 Å². The molecule has 0 saturated heterocycles. The second-order valence-electron chi connectivity index (χ2n) is 5.35. The standard InChI is InChI=1S/C17H18N4O3/c1-24-17(23)10-12-20-16(22)8-7-14(19-20)15-9-11-18-21(15)13-5-3-2-4-6-13/h2-6,9,11H,7-8,10,12H2,1H3. The largest absolute Gasteiger partial charge is 0.469 e. The number of benzene rings is 1. The van der Waals surface area contributed by atoms with Gasteiger partial charge in [0, 0.05) is 12.8 Å². The highest BCUT2D eigenvalue weighted by atomic mass is 16.5. The summed E-state index contributed by atoms with van der Waals surface area (Å²) in [6.45, 7) is 0.217. The summed E-state index contributed by atoms with van der Waals surface area (Å²) in [4.78, 5) is 23.3. The summed E-state index contributed by atoms with van der Waals surface area (Å²) in [5, 5.41) is 10.1. The van der Waals surface area contributed by atoms with Crippen molar-refractivity contribution in [3.63, 3.8) is 0 Å². The molecule has 7 heteroatoms. The molecule has 24 heavy (non-hydrogen) atoms. The molecule has 1 aromatic carbocycles. The third-order valence-corrected chi connectivity index (χ3v) is 3.80. The number of amides is 1. The number of hydrogen-bond acceptors (Lipinski definition) is 5. The molecular formula is C17H18N4O3. The van der Waals surface area contributed by atoms with E-state index in [1.807, 2.05) is 36.4 Å². The lowest BCUT2D eigenvalue weighted by molar-refractivity contribution is -0.141. The van der Waals surface area contributed by atoms with Crippen LogP contribution in [0, 0.1) is 0 Å². The van der Waals surface area contributed by atoms with Crippen LogP contribution in [0.4, 0.5) is 0 Å². The van der Waals surface area contributed by atoms with Gasteiger partial charge < -0.3 is 4.74 Å². The summed E-state index contributed by atoms with van der Waals surface area (Å²) in [5.74, 6) is -0.451. The normalized spacial score (nSPS) is 14.5. The van der Waals surface area contributed by atoms with E-state index in [0.717, 1.165) is 17.1 Å². The van der Waals surface area contributed by atoms with Gasteiger partial charge in [-0.3, -0.25) is 9.59 Å².